The van der Waals surface area contributed by atoms with Crippen LogP contribution in [0.25, 0.3) is 16.3 Å². The molecular weight excluding hydrogens is 704 g/mol. The van der Waals surface area contributed by atoms with E-state index in [1.54, 1.807) is 39.3 Å². The Kier molecular flexibility index (Phi) is 10.7. The van der Waals surface area contributed by atoms with Crippen molar-refractivity contribution in [1.82, 2.24) is 24.5 Å². The smallest absolute Gasteiger partial charge is 0.283 e. The molecule has 6 rings (SSSR count). The largest absolute Gasteiger partial charge is 0.416 e. The molecule has 250 valence electrons. The van der Waals surface area contributed by atoms with Gasteiger partial charge in [-0.2, -0.15) is 22.7 Å². The number of hydrogen-bond acceptors (Lipinski definition) is 5. The number of rotatable bonds is 7. The predicted octanol–water partition coefficient (Wildman–Crippen LogP) is 7.55. The van der Waals surface area contributed by atoms with Gasteiger partial charge < -0.3 is 0 Å². The molecule has 0 saturated carbocycles. The van der Waals surface area contributed by atoms with Crippen molar-refractivity contribution in [1.29, 1.82) is 0 Å². The molecule has 2 fully saturated rings. The standard InChI is InChI=1S/C33H29Cl2F3N6O2S2/c34-24-11-14-28(27(35)20-24)44-31(29-15-13-25(47-29)12-8-22-6-9-23(10-7-22)33(36,37)38)26(21-39-48(46)43-18-4-5-19-43)30(40-44)32(45)41-42-16-2-1-3-17-42/h6-7,9-11,13-15,20-21H,1-5,16-19H2,(H,41,45). The number of amides is 1. The maximum Gasteiger partial charge on any atom is 0.416 e. The Balaban J connectivity index is 1.44. The minimum atomic E-state index is -4.43. The highest BCUT2D eigenvalue weighted by Gasteiger charge is 2.30. The van der Waals surface area contributed by atoms with Gasteiger partial charge in [0.1, 0.15) is 0 Å². The fraction of sp³-hybridized carbons (Fsp3) is 0.303. The van der Waals surface area contributed by atoms with Gasteiger partial charge in [0.05, 0.1) is 43.5 Å². The summed E-state index contributed by atoms with van der Waals surface area (Å²) in [6, 6.07) is 13.1. The van der Waals surface area contributed by atoms with Crippen LogP contribution in [0, 0.1) is 11.8 Å². The number of carbonyl (C=O) groups excluding carboxylic acids is 1. The molecule has 2 saturated heterocycles. The zero-order valence-electron chi connectivity index (χ0n) is 25.4. The Morgan fingerprint density at radius 1 is 0.958 bits per heavy atom. The predicted molar refractivity (Wildman–Crippen MR) is 184 cm³/mol. The first-order valence-corrected chi connectivity index (χ1v) is 17.9. The summed E-state index contributed by atoms with van der Waals surface area (Å²) >= 11 is 12.5. The Labute approximate surface area is 292 Å². The quantitative estimate of drug-likeness (QED) is 0.157. The lowest BCUT2D eigenvalue weighted by Crippen LogP contribution is -2.45. The molecule has 2 aromatic carbocycles. The molecule has 8 nitrogen and oxygen atoms in total. The lowest BCUT2D eigenvalue weighted by atomic mass is 10.1. The Bertz CT molecular complexity index is 1920. The second-order valence-electron chi connectivity index (χ2n) is 11.2. The van der Waals surface area contributed by atoms with Gasteiger partial charge in [-0.05, 0) is 80.3 Å². The molecule has 0 spiro atoms. The third-order valence-electron chi connectivity index (χ3n) is 7.83. The highest BCUT2D eigenvalue weighted by Crippen LogP contribution is 2.36. The molecule has 48 heavy (non-hydrogen) atoms. The van der Waals surface area contributed by atoms with Gasteiger partial charge in [0.25, 0.3) is 5.91 Å². The Morgan fingerprint density at radius 3 is 2.35 bits per heavy atom. The summed E-state index contributed by atoms with van der Waals surface area (Å²) in [5, 5.41) is 7.31. The Morgan fingerprint density at radius 2 is 1.67 bits per heavy atom. The van der Waals surface area contributed by atoms with Crippen LogP contribution in [-0.2, 0) is 17.3 Å². The number of aromatic nitrogens is 2. The van der Waals surface area contributed by atoms with Crippen LogP contribution in [0.15, 0.2) is 59.0 Å². The van der Waals surface area contributed by atoms with Gasteiger partial charge in [0, 0.05) is 36.8 Å². The molecule has 4 heterocycles. The molecule has 1 N–H and O–H groups in total. The average molecular weight is 734 g/mol. The average Bonchev–Trinajstić information content (AvgIpc) is 3.84. The summed E-state index contributed by atoms with van der Waals surface area (Å²) in [7, 11) is 0. The fourth-order valence-corrected chi connectivity index (χ4v) is 7.70. The monoisotopic (exact) mass is 732 g/mol. The number of thiophene rings is 1. The van der Waals surface area contributed by atoms with Gasteiger partial charge in [0.15, 0.2) is 5.69 Å². The van der Waals surface area contributed by atoms with Crippen molar-refractivity contribution >= 4 is 57.8 Å². The van der Waals surface area contributed by atoms with Crippen molar-refractivity contribution in [3.05, 3.63) is 91.9 Å². The van der Waals surface area contributed by atoms with E-state index in [1.807, 2.05) is 5.01 Å². The van der Waals surface area contributed by atoms with Gasteiger partial charge in [0.2, 0.25) is 11.2 Å². The molecule has 2 aromatic heterocycles. The van der Waals surface area contributed by atoms with E-state index in [-0.39, 0.29) is 10.7 Å². The normalized spacial score (nSPS) is 16.6. The van der Waals surface area contributed by atoms with Gasteiger partial charge in [-0.25, -0.2) is 18.2 Å². The molecule has 0 bridgehead atoms. The highest BCUT2D eigenvalue weighted by atomic mass is 35.5. The van der Waals surface area contributed by atoms with E-state index < -0.39 is 28.8 Å². The summed E-state index contributed by atoms with van der Waals surface area (Å²) in [6.07, 6.45) is 1.83. The zero-order valence-corrected chi connectivity index (χ0v) is 28.5. The van der Waals surface area contributed by atoms with Crippen LogP contribution in [0.4, 0.5) is 13.2 Å². The summed E-state index contributed by atoms with van der Waals surface area (Å²) in [5.74, 6) is 5.48. The van der Waals surface area contributed by atoms with Crippen LogP contribution in [0.3, 0.4) is 0 Å². The van der Waals surface area contributed by atoms with E-state index in [1.165, 1.54) is 29.7 Å². The topological polar surface area (TPSA) is 82.8 Å². The first-order valence-electron chi connectivity index (χ1n) is 15.2. The third kappa shape index (κ3) is 8.02. The number of carbonyl (C=O) groups is 1. The number of hydrogen-bond donors (Lipinski definition) is 1. The molecule has 2 aliphatic rings. The summed E-state index contributed by atoms with van der Waals surface area (Å²) in [5.41, 5.74) is 3.97. The summed E-state index contributed by atoms with van der Waals surface area (Å²) < 4.78 is 59.8. The number of benzene rings is 2. The second-order valence-corrected chi connectivity index (χ2v) is 14.3. The van der Waals surface area contributed by atoms with E-state index in [4.69, 9.17) is 28.3 Å². The van der Waals surface area contributed by atoms with E-state index in [0.717, 1.165) is 44.2 Å². The van der Waals surface area contributed by atoms with E-state index in [0.29, 0.717) is 63.5 Å². The van der Waals surface area contributed by atoms with Crippen LogP contribution in [-0.4, -0.2) is 61.6 Å². The summed E-state index contributed by atoms with van der Waals surface area (Å²) in [6.45, 7) is 2.72. The maximum atomic E-state index is 13.8. The van der Waals surface area contributed by atoms with Crippen molar-refractivity contribution in [3.8, 4) is 28.1 Å². The first-order chi connectivity index (χ1) is 23.1. The molecule has 4 aromatic rings. The van der Waals surface area contributed by atoms with Crippen molar-refractivity contribution in [3.63, 3.8) is 0 Å². The van der Waals surface area contributed by atoms with Crippen molar-refractivity contribution in [2.45, 2.75) is 38.3 Å². The minimum Gasteiger partial charge on any atom is -0.283 e. The molecule has 1 unspecified atom stereocenters. The minimum absolute atomic E-state index is 0.0644. The van der Waals surface area contributed by atoms with E-state index >= 15 is 0 Å². The highest BCUT2D eigenvalue weighted by molar-refractivity contribution is 7.81. The number of nitrogens with zero attached hydrogens (tertiary/aromatic N) is 5. The molecule has 15 heteroatoms. The van der Waals surface area contributed by atoms with Crippen LogP contribution >= 0.6 is 34.5 Å². The van der Waals surface area contributed by atoms with Crippen molar-refractivity contribution < 1.29 is 22.2 Å². The number of piperidine rings is 1. The van der Waals surface area contributed by atoms with Gasteiger partial charge >= 0.3 is 6.18 Å². The molecular formula is C33H29Cl2F3N6O2S2. The molecule has 0 aliphatic carbocycles. The number of halogens is 5. The van der Waals surface area contributed by atoms with Crippen LogP contribution in [0.1, 0.15) is 64.2 Å². The Hall–Kier alpha value is -3.51. The molecule has 0 radical (unpaired) electrons. The van der Waals surface area contributed by atoms with Crippen molar-refractivity contribution in [2.75, 3.05) is 26.2 Å². The van der Waals surface area contributed by atoms with Crippen LogP contribution in [0.5, 0.6) is 0 Å². The SMILES string of the molecule is O=C(NN1CCCCC1)c1nn(-c2ccc(Cl)cc2Cl)c(-c2ccc(C#Cc3ccc(C(F)(F)F)cc3)s2)c1C=NS(=O)N1CCCC1. The van der Waals surface area contributed by atoms with Crippen LogP contribution < -0.4 is 5.43 Å². The van der Waals surface area contributed by atoms with E-state index in [9.17, 15) is 22.2 Å². The van der Waals surface area contributed by atoms with Gasteiger partial charge in [-0.3, -0.25) is 10.2 Å². The van der Waals surface area contributed by atoms with Crippen LogP contribution in [0.2, 0.25) is 10.0 Å². The fourth-order valence-electron chi connectivity index (χ4n) is 5.40. The van der Waals surface area contributed by atoms with Crippen molar-refractivity contribution in [2.24, 2.45) is 4.40 Å². The molecule has 1 amide bonds. The van der Waals surface area contributed by atoms with E-state index in [2.05, 4.69) is 21.7 Å². The van der Waals surface area contributed by atoms with Gasteiger partial charge in [-0.1, -0.05) is 41.5 Å². The summed E-state index contributed by atoms with van der Waals surface area (Å²) in [4.78, 5) is 15.1. The molecule has 1 atom stereocenters. The lowest BCUT2D eigenvalue weighted by Gasteiger charge is -2.26. The zero-order chi connectivity index (χ0) is 33.8. The third-order valence-corrected chi connectivity index (χ3v) is 10.5. The number of nitrogens with one attached hydrogen (secondary N) is 1. The first kappa shape index (κ1) is 34.4. The maximum absolute atomic E-state index is 13.8. The lowest BCUT2D eigenvalue weighted by molar-refractivity contribution is -0.137. The van der Waals surface area contributed by atoms with Gasteiger partial charge in [-0.15, -0.1) is 11.3 Å². The number of alkyl halides is 3. The molecule has 2 aliphatic heterocycles. The number of hydrazine groups is 1. The second kappa shape index (κ2) is 14.9.